The number of pyridine rings is 1. The van der Waals surface area contributed by atoms with Gasteiger partial charge in [-0.05, 0) is 29.3 Å². The zero-order chi connectivity index (χ0) is 24.5. The number of carboxylic acids is 1. The van der Waals surface area contributed by atoms with Crippen LogP contribution in [-0.4, -0.2) is 69.9 Å². The molecule has 4 atom stereocenters. The third kappa shape index (κ3) is 4.56. The number of imidazole rings is 1. The first kappa shape index (κ1) is 23.2. The van der Waals surface area contributed by atoms with Gasteiger partial charge < -0.3 is 25.8 Å². The van der Waals surface area contributed by atoms with Crippen LogP contribution >= 0.6 is 11.8 Å². The SMILES string of the molecule is Nc1ncnc2c1ncn2[C@@H]1O[C@H](CSCc2cc(C(=O)O)cc(-c3cccnc3)c2)[C@@H](O)[C@H]1O. The van der Waals surface area contributed by atoms with E-state index in [0.29, 0.717) is 22.7 Å². The fraction of sp³-hybridized carbons (Fsp3) is 0.261. The van der Waals surface area contributed by atoms with Gasteiger partial charge in [-0.3, -0.25) is 9.55 Å². The number of hydrogen-bond acceptors (Lipinski definition) is 10. The summed E-state index contributed by atoms with van der Waals surface area (Å²) >= 11 is 1.46. The molecule has 5 rings (SSSR count). The van der Waals surface area contributed by atoms with Crippen molar-refractivity contribution in [3.8, 4) is 11.1 Å². The van der Waals surface area contributed by atoms with Gasteiger partial charge in [0.2, 0.25) is 0 Å². The summed E-state index contributed by atoms with van der Waals surface area (Å²) in [7, 11) is 0. The lowest BCUT2D eigenvalue weighted by atomic mass is 10.0. The molecule has 3 aromatic heterocycles. The van der Waals surface area contributed by atoms with Crippen molar-refractivity contribution in [1.82, 2.24) is 24.5 Å². The van der Waals surface area contributed by atoms with Gasteiger partial charge >= 0.3 is 5.97 Å². The van der Waals surface area contributed by atoms with Crippen LogP contribution in [0.2, 0.25) is 0 Å². The number of aliphatic hydroxyl groups is 2. The van der Waals surface area contributed by atoms with Crippen molar-refractivity contribution in [2.24, 2.45) is 0 Å². The van der Waals surface area contributed by atoms with Crippen LogP contribution in [0.1, 0.15) is 22.1 Å². The lowest BCUT2D eigenvalue weighted by Gasteiger charge is -2.16. The molecular weight excluding hydrogens is 472 g/mol. The van der Waals surface area contributed by atoms with Crippen LogP contribution in [0.15, 0.2) is 55.4 Å². The summed E-state index contributed by atoms with van der Waals surface area (Å²) < 4.78 is 7.50. The molecule has 11 nitrogen and oxygen atoms in total. The molecule has 5 N–H and O–H groups in total. The van der Waals surface area contributed by atoms with Crippen molar-refractivity contribution in [1.29, 1.82) is 0 Å². The molecule has 0 amide bonds. The molecule has 0 saturated carbocycles. The number of aliphatic hydroxyl groups excluding tert-OH is 2. The summed E-state index contributed by atoms with van der Waals surface area (Å²) in [5, 5.41) is 30.7. The fourth-order valence-electron chi connectivity index (χ4n) is 4.04. The third-order valence-electron chi connectivity index (χ3n) is 5.78. The van der Waals surface area contributed by atoms with Gasteiger partial charge in [-0.25, -0.2) is 19.7 Å². The minimum atomic E-state index is -1.19. The minimum absolute atomic E-state index is 0.183. The van der Waals surface area contributed by atoms with Gasteiger partial charge in [0.25, 0.3) is 0 Å². The first-order valence-corrected chi connectivity index (χ1v) is 11.9. The van der Waals surface area contributed by atoms with Gasteiger partial charge in [-0.15, -0.1) is 0 Å². The number of fused-ring (bicyclic) bond motifs is 1. The summed E-state index contributed by atoms with van der Waals surface area (Å²) in [6, 6.07) is 8.82. The Labute approximate surface area is 203 Å². The van der Waals surface area contributed by atoms with Gasteiger partial charge in [-0.1, -0.05) is 12.1 Å². The minimum Gasteiger partial charge on any atom is -0.478 e. The number of nitrogens with two attached hydrogens (primary N) is 1. The Morgan fingerprint density at radius 3 is 2.77 bits per heavy atom. The molecule has 1 saturated heterocycles. The van der Waals surface area contributed by atoms with E-state index >= 15 is 0 Å². The highest BCUT2D eigenvalue weighted by molar-refractivity contribution is 7.98. The Kier molecular flexibility index (Phi) is 6.34. The zero-order valence-electron chi connectivity index (χ0n) is 18.3. The molecule has 0 unspecified atom stereocenters. The largest absolute Gasteiger partial charge is 0.478 e. The first-order valence-electron chi connectivity index (χ1n) is 10.7. The van der Waals surface area contributed by atoms with Crippen molar-refractivity contribution in [3.63, 3.8) is 0 Å². The second-order valence-electron chi connectivity index (χ2n) is 8.11. The molecule has 1 aliphatic rings. The number of aromatic carboxylic acids is 1. The van der Waals surface area contributed by atoms with E-state index in [-0.39, 0.29) is 11.4 Å². The second kappa shape index (κ2) is 9.58. The molecule has 12 heteroatoms. The van der Waals surface area contributed by atoms with Crippen LogP contribution in [-0.2, 0) is 10.5 Å². The van der Waals surface area contributed by atoms with E-state index in [9.17, 15) is 20.1 Å². The highest BCUT2D eigenvalue weighted by atomic mass is 32.2. The van der Waals surface area contributed by atoms with Crippen LogP contribution in [0.5, 0.6) is 0 Å². The Bertz CT molecular complexity index is 1370. The van der Waals surface area contributed by atoms with Gasteiger partial charge in [-0.2, -0.15) is 11.8 Å². The second-order valence-corrected chi connectivity index (χ2v) is 9.14. The van der Waals surface area contributed by atoms with E-state index in [4.69, 9.17) is 10.5 Å². The molecule has 1 aromatic carbocycles. The summed E-state index contributed by atoms with van der Waals surface area (Å²) in [4.78, 5) is 28.0. The van der Waals surface area contributed by atoms with E-state index in [1.165, 1.54) is 29.0 Å². The van der Waals surface area contributed by atoms with E-state index in [1.807, 2.05) is 12.1 Å². The molecule has 0 bridgehead atoms. The number of nitrogen functional groups attached to an aromatic ring is 1. The smallest absolute Gasteiger partial charge is 0.335 e. The van der Waals surface area contributed by atoms with Crippen molar-refractivity contribution >= 4 is 34.7 Å². The van der Waals surface area contributed by atoms with Crippen LogP contribution in [0.4, 0.5) is 5.82 Å². The van der Waals surface area contributed by atoms with Crippen LogP contribution in [0.25, 0.3) is 22.3 Å². The summed E-state index contributed by atoms with van der Waals surface area (Å²) in [5.74, 6) is 0.0555. The first-order chi connectivity index (χ1) is 16.9. The van der Waals surface area contributed by atoms with Gasteiger partial charge in [0.05, 0.1) is 18.0 Å². The monoisotopic (exact) mass is 494 g/mol. The number of ether oxygens (including phenoxy) is 1. The fourth-order valence-corrected chi connectivity index (χ4v) is 5.07. The Morgan fingerprint density at radius 2 is 2.00 bits per heavy atom. The summed E-state index contributed by atoms with van der Waals surface area (Å²) in [6.07, 6.45) is 2.22. The van der Waals surface area contributed by atoms with Gasteiger partial charge in [0.1, 0.15) is 24.1 Å². The normalized spacial score (nSPS) is 22.0. The van der Waals surface area contributed by atoms with Crippen LogP contribution in [0, 0.1) is 0 Å². The number of carboxylic acid groups (broad SMARTS) is 1. The number of carbonyl (C=O) groups is 1. The molecule has 4 heterocycles. The molecule has 0 spiro atoms. The lowest BCUT2D eigenvalue weighted by Crippen LogP contribution is -2.32. The topological polar surface area (TPSA) is 170 Å². The average molecular weight is 495 g/mol. The molecule has 180 valence electrons. The molecule has 35 heavy (non-hydrogen) atoms. The van der Waals surface area contributed by atoms with Crippen molar-refractivity contribution in [2.75, 3.05) is 11.5 Å². The number of rotatable bonds is 7. The van der Waals surface area contributed by atoms with Crippen LogP contribution < -0.4 is 5.73 Å². The maximum atomic E-state index is 11.6. The Morgan fingerprint density at radius 1 is 1.14 bits per heavy atom. The number of anilines is 1. The molecule has 1 aliphatic heterocycles. The molecule has 4 aromatic rings. The third-order valence-corrected chi connectivity index (χ3v) is 6.89. The van der Waals surface area contributed by atoms with Gasteiger partial charge in [0.15, 0.2) is 17.7 Å². The van der Waals surface area contributed by atoms with Crippen molar-refractivity contribution < 1.29 is 24.9 Å². The molecule has 0 radical (unpaired) electrons. The number of thioether (sulfide) groups is 1. The van der Waals surface area contributed by atoms with Crippen molar-refractivity contribution in [2.45, 2.75) is 30.3 Å². The number of benzene rings is 1. The lowest BCUT2D eigenvalue weighted by molar-refractivity contribution is -0.0289. The van der Waals surface area contributed by atoms with E-state index < -0.39 is 30.5 Å². The Hall–Kier alpha value is -3.58. The quantitative estimate of drug-likeness (QED) is 0.295. The standard InChI is InChI=1S/C23H22N6O5S/c24-20-17-21(27-10-26-20)29(11-28-17)22-19(31)18(30)16(34-22)9-35-8-12-4-14(6-15(5-12)23(32)33)13-2-1-3-25-7-13/h1-7,10-11,16,18-19,22,30-31H,8-9H2,(H,32,33)(H2,24,26,27)/t16-,18-,19-,22-/m1/s1. The maximum absolute atomic E-state index is 11.6. The molecular formula is C23H22N6O5S. The number of nitrogens with zero attached hydrogens (tertiary/aromatic N) is 5. The number of hydrogen-bond donors (Lipinski definition) is 4. The molecule has 0 aliphatic carbocycles. The average Bonchev–Trinajstić information content (AvgIpc) is 3.42. The highest BCUT2D eigenvalue weighted by Crippen LogP contribution is 2.34. The van der Waals surface area contributed by atoms with E-state index in [0.717, 1.165) is 16.7 Å². The number of aromatic nitrogens is 5. The summed E-state index contributed by atoms with van der Waals surface area (Å²) in [6.45, 7) is 0. The maximum Gasteiger partial charge on any atom is 0.335 e. The van der Waals surface area contributed by atoms with E-state index in [1.54, 1.807) is 30.6 Å². The summed E-state index contributed by atoms with van der Waals surface area (Å²) in [5.41, 5.74) is 9.19. The highest BCUT2D eigenvalue weighted by Gasteiger charge is 2.44. The predicted octanol–water partition coefficient (Wildman–Crippen LogP) is 1.72. The van der Waals surface area contributed by atoms with Crippen molar-refractivity contribution in [3.05, 3.63) is 66.5 Å². The molecule has 1 fully saturated rings. The predicted molar refractivity (Wildman–Crippen MR) is 128 cm³/mol. The van der Waals surface area contributed by atoms with Crippen LogP contribution in [0.3, 0.4) is 0 Å². The van der Waals surface area contributed by atoms with Gasteiger partial charge in [0, 0.05) is 29.5 Å². The Balaban J connectivity index is 1.29. The zero-order valence-corrected chi connectivity index (χ0v) is 19.1. The van der Waals surface area contributed by atoms with E-state index in [2.05, 4.69) is 19.9 Å².